The van der Waals surface area contributed by atoms with Crippen LogP contribution >= 0.6 is 0 Å². The minimum atomic E-state index is -5.08. The van der Waals surface area contributed by atoms with Crippen molar-refractivity contribution in [3.05, 3.63) is 12.7 Å². The Balaban J connectivity index is 0.000000480. The van der Waals surface area contributed by atoms with E-state index in [9.17, 15) is 31.9 Å². The number of fused-ring (bicyclic) bond motifs is 1. The molecule has 3 N–H and O–H groups in total. The van der Waals surface area contributed by atoms with Crippen LogP contribution in [-0.4, -0.2) is 83.3 Å². The molecule has 2 aliphatic rings. The number of carbonyl (C=O) groups is 2. The fraction of sp³-hybridized carbons (Fsp3) is 0.733. The molecule has 0 spiro atoms. The van der Waals surface area contributed by atoms with Gasteiger partial charge >= 0.3 is 18.1 Å². The number of aliphatic carboxylic acids is 1. The summed E-state index contributed by atoms with van der Waals surface area (Å²) in [6, 6.07) is -1.50. The van der Waals surface area contributed by atoms with E-state index in [2.05, 4.69) is 11.9 Å². The predicted molar refractivity (Wildman–Crippen MR) is 83.3 cm³/mol. The summed E-state index contributed by atoms with van der Waals surface area (Å²) in [7, 11) is 0. The van der Waals surface area contributed by atoms with Gasteiger partial charge in [-0.1, -0.05) is 12.7 Å². The lowest BCUT2D eigenvalue weighted by atomic mass is 10.0. The number of carbonyl (C=O) groups excluding carboxylic acids is 1. The second-order valence-electron chi connectivity index (χ2n) is 6.34. The highest BCUT2D eigenvalue weighted by Gasteiger charge is 2.57. The number of nitrogens with one attached hydrogen (secondary N) is 1. The number of hydroxylamine groups is 2. The van der Waals surface area contributed by atoms with E-state index < -0.39 is 41.7 Å². The highest BCUT2D eigenvalue weighted by atomic mass is 19.4. The third-order valence-corrected chi connectivity index (χ3v) is 3.98. The molecule has 0 bridgehead atoms. The van der Waals surface area contributed by atoms with Crippen LogP contribution in [0.15, 0.2) is 12.7 Å². The van der Waals surface area contributed by atoms with Gasteiger partial charge in [0.25, 0.3) is 5.92 Å². The number of ether oxygens (including phenoxy) is 1. The average Bonchev–Trinajstić information content (AvgIpc) is 3.12. The Hall–Kier alpha value is -1.83. The van der Waals surface area contributed by atoms with E-state index in [1.165, 1.54) is 13.0 Å². The molecule has 2 aliphatic heterocycles. The SMILES string of the molecule is C=CCOC(=O)[C@@](C)(O)CCN1OC[C@H]2NCC(F)(F)[C@H]21.O=C(O)C(F)(F)F. The molecule has 3 atom stereocenters. The Labute approximate surface area is 156 Å². The topological polar surface area (TPSA) is 108 Å². The van der Waals surface area contributed by atoms with Gasteiger partial charge in [-0.2, -0.15) is 18.2 Å². The molecule has 0 aliphatic carbocycles. The van der Waals surface area contributed by atoms with Crippen LogP contribution < -0.4 is 5.32 Å². The molecule has 13 heteroatoms. The lowest BCUT2D eigenvalue weighted by molar-refractivity contribution is -0.192. The van der Waals surface area contributed by atoms with E-state index >= 15 is 0 Å². The summed E-state index contributed by atoms with van der Waals surface area (Å²) in [6.07, 6.45) is -3.77. The monoisotopic (exact) mass is 420 g/mol. The molecular formula is C15H21F5N2O6. The molecule has 2 fully saturated rings. The van der Waals surface area contributed by atoms with Gasteiger partial charge < -0.3 is 20.3 Å². The highest BCUT2D eigenvalue weighted by molar-refractivity contribution is 5.78. The van der Waals surface area contributed by atoms with Crippen molar-refractivity contribution in [2.45, 2.75) is 43.1 Å². The van der Waals surface area contributed by atoms with Crippen molar-refractivity contribution < 1.29 is 51.3 Å². The normalized spacial score (nSPS) is 25.8. The molecule has 2 heterocycles. The number of esters is 1. The lowest BCUT2D eigenvalue weighted by Crippen LogP contribution is -2.47. The summed E-state index contributed by atoms with van der Waals surface area (Å²) >= 11 is 0. The van der Waals surface area contributed by atoms with Gasteiger partial charge in [-0.05, 0) is 6.92 Å². The Bertz CT molecular complexity index is 584. The van der Waals surface area contributed by atoms with Crippen LogP contribution in [0.4, 0.5) is 22.0 Å². The Morgan fingerprint density at radius 3 is 2.50 bits per heavy atom. The third-order valence-electron chi connectivity index (χ3n) is 3.98. The quantitative estimate of drug-likeness (QED) is 0.328. The number of nitrogens with zero attached hydrogens (tertiary/aromatic N) is 1. The summed E-state index contributed by atoms with van der Waals surface area (Å²) in [5.41, 5.74) is -1.76. The van der Waals surface area contributed by atoms with Crippen molar-refractivity contribution in [3.63, 3.8) is 0 Å². The van der Waals surface area contributed by atoms with Crippen molar-refractivity contribution >= 4 is 11.9 Å². The van der Waals surface area contributed by atoms with E-state index in [1.807, 2.05) is 0 Å². The second-order valence-corrected chi connectivity index (χ2v) is 6.34. The summed E-state index contributed by atoms with van der Waals surface area (Å²) in [5.74, 6) is -6.46. The molecule has 8 nitrogen and oxygen atoms in total. The van der Waals surface area contributed by atoms with E-state index in [-0.39, 0.29) is 32.7 Å². The van der Waals surface area contributed by atoms with Crippen LogP contribution in [0.3, 0.4) is 0 Å². The maximum absolute atomic E-state index is 13.7. The average molecular weight is 420 g/mol. The van der Waals surface area contributed by atoms with Crippen LogP contribution in [-0.2, 0) is 19.2 Å². The van der Waals surface area contributed by atoms with E-state index in [4.69, 9.17) is 19.5 Å². The zero-order chi connectivity index (χ0) is 21.8. The molecule has 0 unspecified atom stereocenters. The molecule has 0 aromatic rings. The van der Waals surface area contributed by atoms with Gasteiger partial charge in [0.1, 0.15) is 12.6 Å². The first-order valence-corrected chi connectivity index (χ1v) is 8.03. The zero-order valence-electron chi connectivity index (χ0n) is 14.8. The first-order chi connectivity index (χ1) is 12.7. The molecule has 0 radical (unpaired) electrons. The van der Waals surface area contributed by atoms with E-state index in [0.29, 0.717) is 0 Å². The van der Waals surface area contributed by atoms with Crippen molar-refractivity contribution in [2.24, 2.45) is 0 Å². The highest BCUT2D eigenvalue weighted by Crippen LogP contribution is 2.35. The summed E-state index contributed by atoms with van der Waals surface area (Å²) in [4.78, 5) is 25.8. The maximum atomic E-state index is 13.7. The summed E-state index contributed by atoms with van der Waals surface area (Å²) in [6.45, 7) is 4.45. The zero-order valence-corrected chi connectivity index (χ0v) is 14.8. The number of carboxylic acid groups (broad SMARTS) is 1. The largest absolute Gasteiger partial charge is 0.490 e. The smallest absolute Gasteiger partial charge is 0.475 e. The Morgan fingerprint density at radius 2 is 2.00 bits per heavy atom. The number of alkyl halides is 5. The van der Waals surface area contributed by atoms with Gasteiger partial charge in [0.15, 0.2) is 5.60 Å². The summed E-state index contributed by atoms with van der Waals surface area (Å²) < 4.78 is 64.0. The van der Waals surface area contributed by atoms with Gasteiger partial charge in [-0.3, -0.25) is 4.84 Å². The number of hydrogen-bond donors (Lipinski definition) is 3. The van der Waals surface area contributed by atoms with Crippen LogP contribution in [0.2, 0.25) is 0 Å². The van der Waals surface area contributed by atoms with E-state index in [1.54, 1.807) is 0 Å². The first-order valence-electron chi connectivity index (χ1n) is 8.03. The fourth-order valence-electron chi connectivity index (χ4n) is 2.52. The molecule has 0 amide bonds. The lowest BCUT2D eigenvalue weighted by Gasteiger charge is -2.28. The van der Waals surface area contributed by atoms with Gasteiger partial charge in [0.2, 0.25) is 0 Å². The molecule has 2 saturated heterocycles. The maximum Gasteiger partial charge on any atom is 0.490 e. The first kappa shape index (κ1) is 24.2. The van der Waals surface area contributed by atoms with Crippen LogP contribution in [0.1, 0.15) is 13.3 Å². The Kier molecular flexibility index (Phi) is 7.88. The van der Waals surface area contributed by atoms with Crippen LogP contribution in [0.25, 0.3) is 0 Å². The predicted octanol–water partition coefficient (Wildman–Crippen LogP) is 0.713. The van der Waals surface area contributed by atoms with Crippen molar-refractivity contribution in [2.75, 3.05) is 26.3 Å². The van der Waals surface area contributed by atoms with Crippen LogP contribution in [0.5, 0.6) is 0 Å². The van der Waals surface area contributed by atoms with Crippen molar-refractivity contribution in [3.8, 4) is 0 Å². The minimum absolute atomic E-state index is 0.00856. The number of rotatable bonds is 6. The van der Waals surface area contributed by atoms with Crippen molar-refractivity contribution in [1.29, 1.82) is 0 Å². The molecule has 0 aromatic carbocycles. The molecule has 0 aromatic heterocycles. The summed E-state index contributed by atoms with van der Waals surface area (Å²) in [5, 5.41) is 21.0. The van der Waals surface area contributed by atoms with Gasteiger partial charge in [-0.25, -0.2) is 18.4 Å². The number of aliphatic hydroxyl groups is 1. The van der Waals surface area contributed by atoms with Crippen molar-refractivity contribution in [1.82, 2.24) is 10.4 Å². The van der Waals surface area contributed by atoms with Gasteiger partial charge in [-0.15, -0.1) is 0 Å². The molecule has 0 saturated carbocycles. The number of carboxylic acids is 1. The standard InChI is InChI=1S/C13H20F2N2O4.C2HF3O2/c1-3-6-20-11(18)12(2,19)4-5-17-10-9(7-21-17)16-8-13(10,14)15;3-2(4,5)1(6)7/h3,9-10,16,19H,1,4-8H2,2H3;(H,6,7)/t9-,10+,12+;/m1./s1. The Morgan fingerprint density at radius 1 is 1.43 bits per heavy atom. The number of halogens is 5. The molecular weight excluding hydrogens is 399 g/mol. The number of hydrogen-bond acceptors (Lipinski definition) is 7. The molecule has 2 rings (SSSR count). The second kappa shape index (κ2) is 9.11. The van der Waals surface area contributed by atoms with Crippen LogP contribution in [0, 0.1) is 0 Å². The fourth-order valence-corrected chi connectivity index (χ4v) is 2.52. The molecule has 28 heavy (non-hydrogen) atoms. The third kappa shape index (κ3) is 6.36. The minimum Gasteiger partial charge on any atom is -0.475 e. The van der Waals surface area contributed by atoms with Gasteiger partial charge in [0.05, 0.1) is 19.2 Å². The molecule has 162 valence electrons. The van der Waals surface area contributed by atoms with Gasteiger partial charge in [0, 0.05) is 13.0 Å². The van der Waals surface area contributed by atoms with E-state index in [0.717, 1.165) is 5.06 Å².